The first-order valence-corrected chi connectivity index (χ1v) is 4.30. The lowest BCUT2D eigenvalue weighted by molar-refractivity contribution is 0.0954. The Labute approximate surface area is 93.7 Å². The molecule has 84 valence electrons. The van der Waals surface area contributed by atoms with E-state index in [-0.39, 0.29) is 23.9 Å². The number of hydrogen-bond acceptors (Lipinski definition) is 3. The number of rotatable bonds is 3. The Morgan fingerprint density at radius 3 is 2.73 bits per heavy atom. The van der Waals surface area contributed by atoms with Crippen molar-refractivity contribution in [1.82, 2.24) is 9.88 Å². The van der Waals surface area contributed by atoms with Crippen molar-refractivity contribution in [1.29, 1.82) is 0 Å². The van der Waals surface area contributed by atoms with Crippen LogP contribution in [0.2, 0.25) is 0 Å². The lowest BCUT2D eigenvalue weighted by Crippen LogP contribution is -2.30. The van der Waals surface area contributed by atoms with Gasteiger partial charge in [0.1, 0.15) is 0 Å². The van der Waals surface area contributed by atoms with E-state index in [9.17, 15) is 9.59 Å². The number of hydrogen-bond donors (Lipinski definition) is 2. The number of aryl methyl sites for hydroxylation is 1. The molecule has 15 heavy (non-hydrogen) atoms. The monoisotopic (exact) mass is 231 g/mol. The van der Waals surface area contributed by atoms with Gasteiger partial charge in [0, 0.05) is 32.4 Å². The predicted molar refractivity (Wildman–Crippen MR) is 60.3 cm³/mol. The maximum Gasteiger partial charge on any atom is 0.252 e. The Balaban J connectivity index is 0.00000196. The van der Waals surface area contributed by atoms with Crippen molar-refractivity contribution < 1.29 is 4.79 Å². The maximum atomic E-state index is 11.4. The third-order valence-corrected chi connectivity index (χ3v) is 1.78. The first kappa shape index (κ1) is 13.7. The van der Waals surface area contributed by atoms with Crippen molar-refractivity contribution >= 4 is 18.3 Å². The number of aromatic nitrogens is 1. The summed E-state index contributed by atoms with van der Waals surface area (Å²) in [6, 6.07) is 2.85. The molecule has 1 aromatic heterocycles. The van der Waals surface area contributed by atoms with Gasteiger partial charge in [0.05, 0.1) is 5.56 Å². The fourth-order valence-electron chi connectivity index (χ4n) is 1.02. The van der Waals surface area contributed by atoms with Crippen LogP contribution >= 0.6 is 12.4 Å². The second kappa shape index (κ2) is 6.21. The number of carbonyl (C=O) groups is 1. The molecule has 0 bridgehead atoms. The number of halogens is 1. The largest absolute Gasteiger partial charge is 0.351 e. The number of amides is 1. The van der Waals surface area contributed by atoms with Crippen LogP contribution in [0, 0.1) is 0 Å². The van der Waals surface area contributed by atoms with E-state index in [1.807, 2.05) is 0 Å². The molecule has 1 amide bonds. The molecule has 0 radical (unpaired) electrons. The summed E-state index contributed by atoms with van der Waals surface area (Å²) in [5, 5.41) is 2.62. The van der Waals surface area contributed by atoms with Gasteiger partial charge in [0.25, 0.3) is 5.91 Å². The minimum atomic E-state index is -0.217. The van der Waals surface area contributed by atoms with E-state index >= 15 is 0 Å². The van der Waals surface area contributed by atoms with Crippen LogP contribution in [0.25, 0.3) is 0 Å². The number of nitrogens with zero attached hydrogens (tertiary/aromatic N) is 1. The van der Waals surface area contributed by atoms with Crippen LogP contribution in [0.15, 0.2) is 23.1 Å². The molecule has 3 N–H and O–H groups in total. The summed E-state index contributed by atoms with van der Waals surface area (Å²) in [7, 11) is 1.60. The highest BCUT2D eigenvalue weighted by Crippen LogP contribution is 1.93. The summed E-state index contributed by atoms with van der Waals surface area (Å²) in [5.74, 6) is -0.217. The highest BCUT2D eigenvalue weighted by atomic mass is 35.5. The van der Waals surface area contributed by atoms with Crippen molar-refractivity contribution in [2.45, 2.75) is 0 Å². The third-order valence-electron chi connectivity index (χ3n) is 1.78. The van der Waals surface area contributed by atoms with E-state index in [4.69, 9.17) is 5.73 Å². The molecule has 0 aliphatic carbocycles. The average Bonchev–Trinajstić information content (AvgIpc) is 2.18. The van der Waals surface area contributed by atoms with Gasteiger partial charge in [-0.2, -0.15) is 0 Å². The van der Waals surface area contributed by atoms with Crippen molar-refractivity contribution in [2.24, 2.45) is 12.8 Å². The molecular formula is C9H14ClN3O2. The van der Waals surface area contributed by atoms with Gasteiger partial charge in [-0.25, -0.2) is 0 Å². The fraction of sp³-hybridized carbons (Fsp3) is 0.333. The van der Waals surface area contributed by atoms with Gasteiger partial charge in [0.2, 0.25) is 5.56 Å². The lowest BCUT2D eigenvalue weighted by Gasteiger charge is -2.04. The van der Waals surface area contributed by atoms with Gasteiger partial charge in [-0.1, -0.05) is 0 Å². The van der Waals surface area contributed by atoms with E-state index < -0.39 is 0 Å². The zero-order valence-corrected chi connectivity index (χ0v) is 9.21. The van der Waals surface area contributed by atoms with Gasteiger partial charge >= 0.3 is 0 Å². The molecular weight excluding hydrogens is 218 g/mol. The number of pyridine rings is 1. The molecule has 0 aliphatic rings. The molecule has 5 nitrogen and oxygen atoms in total. The lowest BCUT2D eigenvalue weighted by atomic mass is 10.2. The molecule has 1 aromatic rings. The smallest absolute Gasteiger partial charge is 0.252 e. The Bertz CT molecular complexity index is 389. The molecule has 1 heterocycles. The first-order valence-electron chi connectivity index (χ1n) is 4.30. The number of nitrogens with one attached hydrogen (secondary N) is 1. The SMILES string of the molecule is Cl.Cn1cc(C(=O)NCCN)ccc1=O. The van der Waals surface area contributed by atoms with Crippen molar-refractivity contribution in [3.05, 3.63) is 34.2 Å². The Morgan fingerprint density at radius 1 is 1.53 bits per heavy atom. The summed E-state index contributed by atoms with van der Waals surface area (Å²) < 4.78 is 1.36. The van der Waals surface area contributed by atoms with E-state index in [0.717, 1.165) is 0 Å². The third kappa shape index (κ3) is 3.73. The van der Waals surface area contributed by atoms with Crippen LogP contribution in [-0.4, -0.2) is 23.6 Å². The van der Waals surface area contributed by atoms with Crippen molar-refractivity contribution in [2.75, 3.05) is 13.1 Å². The van der Waals surface area contributed by atoms with Crippen molar-refractivity contribution in [3.8, 4) is 0 Å². The van der Waals surface area contributed by atoms with Crippen LogP contribution in [0.1, 0.15) is 10.4 Å². The summed E-state index contributed by atoms with van der Waals surface area (Å²) in [5.41, 5.74) is 5.56. The van der Waals surface area contributed by atoms with E-state index in [1.54, 1.807) is 7.05 Å². The van der Waals surface area contributed by atoms with E-state index in [0.29, 0.717) is 18.7 Å². The first-order chi connectivity index (χ1) is 6.65. The zero-order valence-electron chi connectivity index (χ0n) is 8.40. The summed E-state index contributed by atoms with van der Waals surface area (Å²) in [4.78, 5) is 22.4. The van der Waals surface area contributed by atoms with Crippen LogP contribution in [-0.2, 0) is 7.05 Å². The van der Waals surface area contributed by atoms with Crippen LogP contribution in [0.3, 0.4) is 0 Å². The zero-order chi connectivity index (χ0) is 10.6. The molecule has 0 spiro atoms. The summed E-state index contributed by atoms with van der Waals surface area (Å²) >= 11 is 0. The second-order valence-electron chi connectivity index (χ2n) is 2.91. The predicted octanol–water partition coefficient (Wildman–Crippen LogP) is -0.504. The van der Waals surface area contributed by atoms with Crippen LogP contribution in [0.5, 0.6) is 0 Å². The summed E-state index contributed by atoms with van der Waals surface area (Å²) in [6.45, 7) is 0.833. The van der Waals surface area contributed by atoms with Crippen LogP contribution < -0.4 is 16.6 Å². The normalized spacial score (nSPS) is 9.20. The highest BCUT2D eigenvalue weighted by Gasteiger charge is 2.04. The number of nitrogens with two attached hydrogens (primary N) is 1. The number of carbonyl (C=O) groups excluding carboxylic acids is 1. The van der Waals surface area contributed by atoms with Gasteiger partial charge in [0.15, 0.2) is 0 Å². The molecule has 0 aliphatic heterocycles. The molecule has 0 saturated carbocycles. The van der Waals surface area contributed by atoms with Gasteiger partial charge in [-0.3, -0.25) is 9.59 Å². The second-order valence-corrected chi connectivity index (χ2v) is 2.91. The minimum Gasteiger partial charge on any atom is -0.351 e. The minimum absolute atomic E-state index is 0. The summed E-state index contributed by atoms with van der Waals surface area (Å²) in [6.07, 6.45) is 1.49. The highest BCUT2D eigenvalue weighted by molar-refractivity contribution is 5.93. The molecule has 1 rings (SSSR count). The topological polar surface area (TPSA) is 77.1 Å². The van der Waals surface area contributed by atoms with Gasteiger partial charge in [-0.15, -0.1) is 12.4 Å². The van der Waals surface area contributed by atoms with Crippen molar-refractivity contribution in [3.63, 3.8) is 0 Å². The Hall–Kier alpha value is -1.33. The Kier molecular flexibility index (Phi) is 5.66. The Morgan fingerprint density at radius 2 is 2.20 bits per heavy atom. The molecule has 0 fully saturated rings. The molecule has 6 heteroatoms. The standard InChI is InChI=1S/C9H13N3O2.ClH/c1-12-6-7(2-3-8(12)13)9(14)11-5-4-10;/h2-3,6H,4-5,10H2,1H3,(H,11,14);1H. The quantitative estimate of drug-likeness (QED) is 0.736. The van der Waals surface area contributed by atoms with Gasteiger partial charge in [-0.05, 0) is 6.07 Å². The van der Waals surface area contributed by atoms with E-state index in [1.165, 1.54) is 22.9 Å². The van der Waals surface area contributed by atoms with E-state index in [2.05, 4.69) is 5.32 Å². The average molecular weight is 232 g/mol. The molecule has 0 aromatic carbocycles. The van der Waals surface area contributed by atoms with Gasteiger partial charge < -0.3 is 15.6 Å². The molecule has 0 saturated heterocycles. The maximum absolute atomic E-state index is 11.4. The molecule has 0 unspecified atom stereocenters. The van der Waals surface area contributed by atoms with Crippen LogP contribution in [0.4, 0.5) is 0 Å². The molecule has 0 atom stereocenters. The fourth-order valence-corrected chi connectivity index (χ4v) is 1.02.